The van der Waals surface area contributed by atoms with Crippen molar-refractivity contribution in [3.63, 3.8) is 0 Å². The molecular weight excluding hydrogens is 234 g/mol. The summed E-state index contributed by atoms with van der Waals surface area (Å²) in [6.45, 7) is 1.15. The van der Waals surface area contributed by atoms with Gasteiger partial charge in [0.15, 0.2) is 5.76 Å². The van der Waals surface area contributed by atoms with Crippen molar-refractivity contribution in [3.05, 3.63) is 41.5 Å². The minimum Gasteiger partial charge on any atom is -0.486 e. The molecule has 0 saturated carbocycles. The summed E-state index contributed by atoms with van der Waals surface area (Å²) >= 11 is 0. The van der Waals surface area contributed by atoms with Crippen LogP contribution in [-0.2, 0) is 24.5 Å². The summed E-state index contributed by atoms with van der Waals surface area (Å²) in [6.07, 6.45) is 1.64. The van der Waals surface area contributed by atoms with Crippen molar-refractivity contribution >= 4 is 0 Å². The van der Waals surface area contributed by atoms with Crippen LogP contribution < -0.4 is 10.5 Å². The van der Waals surface area contributed by atoms with Crippen molar-refractivity contribution < 1.29 is 14.0 Å². The third-order valence-corrected chi connectivity index (χ3v) is 2.29. The molecule has 0 atom stereocenters. The van der Waals surface area contributed by atoms with Crippen LogP contribution in [-0.4, -0.2) is 17.3 Å². The van der Waals surface area contributed by atoms with Gasteiger partial charge in [-0.25, -0.2) is 0 Å². The highest BCUT2D eigenvalue weighted by Gasteiger charge is 2.04. The molecule has 0 spiro atoms. The zero-order valence-electron chi connectivity index (χ0n) is 10.1. The molecular formula is C12H15N3O3. The fourth-order valence-corrected chi connectivity index (χ4v) is 1.41. The summed E-state index contributed by atoms with van der Waals surface area (Å²) in [5.41, 5.74) is 7.00. The van der Waals surface area contributed by atoms with E-state index in [0.29, 0.717) is 37.0 Å². The van der Waals surface area contributed by atoms with Gasteiger partial charge in [-0.2, -0.15) is 0 Å². The van der Waals surface area contributed by atoms with Gasteiger partial charge in [-0.05, 0) is 12.1 Å². The van der Waals surface area contributed by atoms with Gasteiger partial charge >= 0.3 is 0 Å². The number of aromatic nitrogens is 2. The maximum atomic E-state index is 5.52. The molecule has 2 aromatic heterocycles. The second-order valence-electron chi connectivity index (χ2n) is 3.70. The molecule has 0 aromatic carbocycles. The summed E-state index contributed by atoms with van der Waals surface area (Å²) < 4.78 is 15.5. The predicted molar refractivity (Wildman–Crippen MR) is 63.7 cm³/mol. The largest absolute Gasteiger partial charge is 0.486 e. The fraction of sp³-hybridized carbons (Fsp3) is 0.333. The Morgan fingerprint density at radius 1 is 1.28 bits per heavy atom. The first-order valence-electron chi connectivity index (χ1n) is 5.53. The number of nitrogens with two attached hydrogens (primary N) is 1. The van der Waals surface area contributed by atoms with Crippen LogP contribution in [0.3, 0.4) is 0 Å². The van der Waals surface area contributed by atoms with Crippen molar-refractivity contribution in [1.29, 1.82) is 0 Å². The molecule has 0 aliphatic heterocycles. The summed E-state index contributed by atoms with van der Waals surface area (Å²) in [4.78, 5) is 4.13. The van der Waals surface area contributed by atoms with Crippen molar-refractivity contribution in [2.75, 3.05) is 7.11 Å². The van der Waals surface area contributed by atoms with Crippen molar-refractivity contribution in [2.24, 2.45) is 5.73 Å². The molecule has 6 heteroatoms. The second-order valence-corrected chi connectivity index (χ2v) is 3.70. The Bertz CT molecular complexity index is 482. The van der Waals surface area contributed by atoms with Gasteiger partial charge in [0.1, 0.15) is 24.7 Å². The first-order chi connectivity index (χ1) is 8.81. The Kier molecular flexibility index (Phi) is 4.27. The van der Waals surface area contributed by atoms with Crippen LogP contribution in [0.5, 0.6) is 5.75 Å². The molecule has 0 saturated heterocycles. The van der Waals surface area contributed by atoms with Gasteiger partial charge < -0.3 is 19.7 Å². The van der Waals surface area contributed by atoms with E-state index in [1.165, 1.54) is 0 Å². The summed E-state index contributed by atoms with van der Waals surface area (Å²) in [5, 5.41) is 3.86. The smallest absolute Gasteiger partial charge is 0.162 e. The number of pyridine rings is 1. The van der Waals surface area contributed by atoms with Gasteiger partial charge in [0.2, 0.25) is 0 Å². The van der Waals surface area contributed by atoms with E-state index in [2.05, 4.69) is 10.1 Å². The standard InChI is InChI=1S/C12H15N3O3/c1-16-8-12-4-10(15-18-12)7-17-11-3-2-9(5-13)14-6-11/h2-4,6H,5,7-8,13H2,1H3. The number of hydrogen-bond acceptors (Lipinski definition) is 6. The zero-order valence-corrected chi connectivity index (χ0v) is 10.1. The Morgan fingerprint density at radius 3 is 2.83 bits per heavy atom. The fourth-order valence-electron chi connectivity index (χ4n) is 1.41. The number of rotatable bonds is 6. The molecule has 0 amide bonds. The lowest BCUT2D eigenvalue weighted by molar-refractivity contribution is 0.155. The topological polar surface area (TPSA) is 83.4 Å². The third kappa shape index (κ3) is 3.28. The molecule has 0 bridgehead atoms. The van der Waals surface area contributed by atoms with E-state index >= 15 is 0 Å². The lowest BCUT2D eigenvalue weighted by Crippen LogP contribution is -2.00. The average Bonchev–Trinajstić information content (AvgIpc) is 2.85. The maximum Gasteiger partial charge on any atom is 0.162 e. The molecule has 0 radical (unpaired) electrons. The van der Waals surface area contributed by atoms with Crippen molar-refractivity contribution in [1.82, 2.24) is 10.1 Å². The molecule has 2 rings (SSSR count). The predicted octanol–water partition coefficient (Wildman–Crippen LogP) is 1.25. The number of ether oxygens (including phenoxy) is 2. The van der Waals surface area contributed by atoms with Crippen LogP contribution in [0.15, 0.2) is 28.9 Å². The van der Waals surface area contributed by atoms with E-state index in [-0.39, 0.29) is 0 Å². The second kappa shape index (κ2) is 6.13. The van der Waals surface area contributed by atoms with Gasteiger partial charge in [-0.15, -0.1) is 0 Å². The lowest BCUT2D eigenvalue weighted by Gasteiger charge is -2.03. The molecule has 0 unspecified atom stereocenters. The van der Waals surface area contributed by atoms with Crippen LogP contribution in [0.2, 0.25) is 0 Å². The van der Waals surface area contributed by atoms with Gasteiger partial charge in [-0.1, -0.05) is 5.16 Å². The quantitative estimate of drug-likeness (QED) is 0.829. The van der Waals surface area contributed by atoms with Crippen molar-refractivity contribution in [3.8, 4) is 5.75 Å². The molecule has 0 aliphatic carbocycles. The average molecular weight is 249 g/mol. The van der Waals surface area contributed by atoms with Gasteiger partial charge in [-0.3, -0.25) is 4.98 Å². The van der Waals surface area contributed by atoms with Crippen LogP contribution in [0.1, 0.15) is 17.1 Å². The lowest BCUT2D eigenvalue weighted by atomic mass is 10.3. The van der Waals surface area contributed by atoms with Gasteiger partial charge in [0.05, 0.1) is 11.9 Å². The van der Waals surface area contributed by atoms with Crippen LogP contribution in [0.25, 0.3) is 0 Å². The van der Waals surface area contributed by atoms with Crippen molar-refractivity contribution in [2.45, 2.75) is 19.8 Å². The number of methoxy groups -OCH3 is 1. The maximum absolute atomic E-state index is 5.52. The Hall–Kier alpha value is -1.92. The van der Waals surface area contributed by atoms with Gasteiger partial charge in [0.25, 0.3) is 0 Å². The van der Waals surface area contributed by atoms with E-state index in [0.717, 1.165) is 5.69 Å². The zero-order chi connectivity index (χ0) is 12.8. The summed E-state index contributed by atoms with van der Waals surface area (Å²) in [5.74, 6) is 1.34. The molecule has 0 fully saturated rings. The Labute approximate surface area is 105 Å². The van der Waals surface area contributed by atoms with Gasteiger partial charge in [0, 0.05) is 19.7 Å². The minimum absolute atomic E-state index is 0.330. The van der Waals surface area contributed by atoms with E-state index in [4.69, 9.17) is 19.7 Å². The molecule has 6 nitrogen and oxygen atoms in total. The first kappa shape index (κ1) is 12.5. The molecule has 0 aliphatic rings. The normalized spacial score (nSPS) is 10.6. The Balaban J connectivity index is 1.89. The molecule has 2 N–H and O–H groups in total. The number of hydrogen-bond donors (Lipinski definition) is 1. The highest BCUT2D eigenvalue weighted by atomic mass is 16.5. The summed E-state index contributed by atoms with van der Waals surface area (Å²) in [7, 11) is 1.60. The highest BCUT2D eigenvalue weighted by molar-refractivity contribution is 5.20. The third-order valence-electron chi connectivity index (χ3n) is 2.29. The Morgan fingerprint density at radius 2 is 2.17 bits per heavy atom. The van der Waals surface area contributed by atoms with E-state index in [1.54, 1.807) is 19.4 Å². The van der Waals surface area contributed by atoms with Crippen LogP contribution in [0, 0.1) is 0 Å². The minimum atomic E-state index is 0.330. The first-order valence-corrected chi connectivity index (χ1v) is 5.53. The number of nitrogens with zero attached hydrogens (tertiary/aromatic N) is 2. The highest BCUT2D eigenvalue weighted by Crippen LogP contribution is 2.12. The van der Waals surface area contributed by atoms with E-state index in [9.17, 15) is 0 Å². The van der Waals surface area contributed by atoms with E-state index < -0.39 is 0 Å². The molecule has 18 heavy (non-hydrogen) atoms. The SMILES string of the molecule is COCc1cc(COc2ccc(CN)nc2)no1. The molecule has 2 heterocycles. The summed E-state index contributed by atoms with van der Waals surface area (Å²) in [6, 6.07) is 5.45. The van der Waals surface area contributed by atoms with Crippen LogP contribution in [0.4, 0.5) is 0 Å². The van der Waals surface area contributed by atoms with Crippen LogP contribution >= 0.6 is 0 Å². The molecule has 2 aromatic rings. The molecule has 96 valence electrons. The van der Waals surface area contributed by atoms with E-state index in [1.807, 2.05) is 12.1 Å². The monoisotopic (exact) mass is 249 g/mol.